The number of anilines is 1. The number of fused-ring (bicyclic) bond motifs is 1. The summed E-state index contributed by atoms with van der Waals surface area (Å²) in [6.07, 6.45) is 6.53. The first-order valence-electron chi connectivity index (χ1n) is 6.35. The van der Waals surface area contributed by atoms with Crippen molar-refractivity contribution >= 4 is 16.9 Å². The fourth-order valence-electron chi connectivity index (χ4n) is 1.93. The quantitative estimate of drug-likeness (QED) is 0.709. The van der Waals surface area contributed by atoms with E-state index in [4.69, 9.17) is 0 Å². The summed E-state index contributed by atoms with van der Waals surface area (Å²) in [5, 5.41) is 7.45. The van der Waals surface area contributed by atoms with E-state index in [2.05, 4.69) is 20.4 Å². The Morgan fingerprint density at radius 2 is 2.00 bits per heavy atom. The number of nitrogens with one attached hydrogen (secondary N) is 1. The van der Waals surface area contributed by atoms with Gasteiger partial charge in [0.1, 0.15) is 5.82 Å². The Bertz CT molecular complexity index is 648. The molecule has 1 N–H and O–H groups in total. The second-order valence-electron chi connectivity index (χ2n) is 4.29. The lowest BCUT2D eigenvalue weighted by Gasteiger charge is -2.06. The van der Waals surface area contributed by atoms with E-state index in [0.29, 0.717) is 0 Å². The van der Waals surface area contributed by atoms with Crippen molar-refractivity contribution in [2.75, 3.05) is 11.9 Å². The van der Waals surface area contributed by atoms with Gasteiger partial charge in [-0.25, -0.2) is 4.98 Å². The minimum Gasteiger partial charge on any atom is -0.369 e. The molecule has 0 spiro atoms. The highest BCUT2D eigenvalue weighted by molar-refractivity contribution is 5.75. The lowest BCUT2D eigenvalue weighted by molar-refractivity contribution is 0.591. The summed E-state index contributed by atoms with van der Waals surface area (Å²) < 4.78 is 1.92. The molecule has 96 valence electrons. The highest BCUT2D eigenvalue weighted by Crippen LogP contribution is 2.11. The van der Waals surface area contributed by atoms with Gasteiger partial charge in [-0.05, 0) is 24.6 Å². The standard InChI is InChI=1S/C14H15N5/c1-2-6-13-12(5-1)16-11-14(18-13)15-7-3-9-19-10-4-8-17-19/h1-2,4-6,8,10-11H,3,7,9H2,(H,15,18). The van der Waals surface area contributed by atoms with Gasteiger partial charge in [-0.1, -0.05) is 12.1 Å². The SMILES string of the molecule is c1ccc2nc(NCCCn3cccn3)cnc2c1. The summed E-state index contributed by atoms with van der Waals surface area (Å²) in [4.78, 5) is 8.88. The average Bonchev–Trinajstić information content (AvgIpc) is 2.97. The van der Waals surface area contributed by atoms with Crippen molar-refractivity contribution in [1.82, 2.24) is 19.7 Å². The smallest absolute Gasteiger partial charge is 0.145 e. The Morgan fingerprint density at radius 1 is 1.11 bits per heavy atom. The van der Waals surface area contributed by atoms with E-state index in [1.54, 1.807) is 12.4 Å². The molecule has 0 amide bonds. The maximum absolute atomic E-state index is 4.51. The summed E-state index contributed by atoms with van der Waals surface area (Å²) in [5.74, 6) is 0.819. The first-order chi connectivity index (χ1) is 9.42. The van der Waals surface area contributed by atoms with Crippen LogP contribution in [0.5, 0.6) is 0 Å². The van der Waals surface area contributed by atoms with Crippen LogP contribution in [0.4, 0.5) is 5.82 Å². The molecule has 3 rings (SSSR count). The number of nitrogens with zero attached hydrogens (tertiary/aromatic N) is 4. The molecule has 0 radical (unpaired) electrons. The predicted octanol–water partition coefficient (Wildman–Crippen LogP) is 2.33. The normalized spacial score (nSPS) is 10.7. The summed E-state index contributed by atoms with van der Waals surface area (Å²) in [6.45, 7) is 1.76. The van der Waals surface area contributed by atoms with Crippen LogP contribution in [0.1, 0.15) is 6.42 Å². The summed E-state index contributed by atoms with van der Waals surface area (Å²) >= 11 is 0. The van der Waals surface area contributed by atoms with Crippen molar-refractivity contribution in [2.45, 2.75) is 13.0 Å². The van der Waals surface area contributed by atoms with Crippen molar-refractivity contribution in [1.29, 1.82) is 0 Å². The number of aryl methyl sites for hydroxylation is 1. The third-order valence-electron chi connectivity index (χ3n) is 2.88. The van der Waals surface area contributed by atoms with Gasteiger partial charge in [-0.3, -0.25) is 9.67 Å². The lowest BCUT2D eigenvalue weighted by Crippen LogP contribution is -2.08. The Balaban J connectivity index is 1.56. The molecule has 0 saturated carbocycles. The zero-order chi connectivity index (χ0) is 12.9. The zero-order valence-electron chi connectivity index (χ0n) is 10.5. The van der Waals surface area contributed by atoms with Crippen molar-refractivity contribution in [2.24, 2.45) is 0 Å². The Kier molecular flexibility index (Phi) is 3.36. The number of rotatable bonds is 5. The minimum absolute atomic E-state index is 0.819. The number of hydrogen-bond acceptors (Lipinski definition) is 4. The van der Waals surface area contributed by atoms with Gasteiger partial charge in [0.15, 0.2) is 0 Å². The minimum atomic E-state index is 0.819. The Morgan fingerprint density at radius 3 is 2.84 bits per heavy atom. The van der Waals surface area contributed by atoms with Gasteiger partial charge < -0.3 is 5.32 Å². The Labute approximate surface area is 111 Å². The maximum Gasteiger partial charge on any atom is 0.145 e. The van der Waals surface area contributed by atoms with Gasteiger partial charge in [0, 0.05) is 25.5 Å². The molecule has 19 heavy (non-hydrogen) atoms. The highest BCUT2D eigenvalue weighted by Gasteiger charge is 1.98. The third-order valence-corrected chi connectivity index (χ3v) is 2.88. The van der Waals surface area contributed by atoms with Gasteiger partial charge in [0.05, 0.1) is 17.2 Å². The van der Waals surface area contributed by atoms with Crippen LogP contribution in [-0.2, 0) is 6.54 Å². The van der Waals surface area contributed by atoms with E-state index in [1.807, 2.05) is 41.2 Å². The van der Waals surface area contributed by atoms with Crippen molar-refractivity contribution in [3.63, 3.8) is 0 Å². The number of benzene rings is 1. The van der Waals surface area contributed by atoms with Gasteiger partial charge >= 0.3 is 0 Å². The molecular formula is C14H15N5. The van der Waals surface area contributed by atoms with E-state index in [-0.39, 0.29) is 0 Å². The van der Waals surface area contributed by atoms with Gasteiger partial charge in [-0.2, -0.15) is 5.10 Å². The van der Waals surface area contributed by atoms with E-state index in [1.165, 1.54) is 0 Å². The first kappa shape index (κ1) is 11.6. The molecule has 0 aliphatic carbocycles. The van der Waals surface area contributed by atoms with Gasteiger partial charge in [0.25, 0.3) is 0 Å². The topological polar surface area (TPSA) is 55.6 Å². The van der Waals surface area contributed by atoms with E-state index >= 15 is 0 Å². The Hall–Kier alpha value is -2.43. The van der Waals surface area contributed by atoms with Crippen molar-refractivity contribution in [3.8, 4) is 0 Å². The number of hydrogen-bond donors (Lipinski definition) is 1. The van der Waals surface area contributed by atoms with E-state index in [0.717, 1.165) is 36.4 Å². The van der Waals surface area contributed by atoms with Crippen LogP contribution in [0.25, 0.3) is 11.0 Å². The van der Waals surface area contributed by atoms with Crippen LogP contribution in [0.2, 0.25) is 0 Å². The van der Waals surface area contributed by atoms with E-state index in [9.17, 15) is 0 Å². The van der Waals surface area contributed by atoms with E-state index < -0.39 is 0 Å². The molecule has 5 nitrogen and oxygen atoms in total. The van der Waals surface area contributed by atoms with Crippen molar-refractivity contribution < 1.29 is 0 Å². The molecule has 5 heteroatoms. The summed E-state index contributed by atoms with van der Waals surface area (Å²) in [5.41, 5.74) is 1.84. The molecule has 1 aromatic carbocycles. The second kappa shape index (κ2) is 5.48. The molecular weight excluding hydrogens is 238 g/mol. The average molecular weight is 253 g/mol. The van der Waals surface area contributed by atoms with Crippen LogP contribution in [0, 0.1) is 0 Å². The number of aromatic nitrogens is 4. The van der Waals surface area contributed by atoms with Crippen LogP contribution < -0.4 is 5.32 Å². The second-order valence-corrected chi connectivity index (χ2v) is 4.29. The van der Waals surface area contributed by atoms with Crippen molar-refractivity contribution in [3.05, 3.63) is 48.9 Å². The molecule has 2 aromatic heterocycles. The molecule has 3 aromatic rings. The molecule has 0 atom stereocenters. The molecule has 2 heterocycles. The molecule has 0 saturated heterocycles. The molecule has 0 aliphatic heterocycles. The highest BCUT2D eigenvalue weighted by atomic mass is 15.3. The molecule has 0 fully saturated rings. The fraction of sp³-hybridized carbons (Fsp3) is 0.214. The monoisotopic (exact) mass is 253 g/mol. The van der Waals surface area contributed by atoms with Crippen LogP contribution in [0.15, 0.2) is 48.9 Å². The van der Waals surface area contributed by atoms with Gasteiger partial charge in [0.2, 0.25) is 0 Å². The third kappa shape index (κ3) is 2.88. The maximum atomic E-state index is 4.51. The van der Waals surface area contributed by atoms with Crippen LogP contribution in [0.3, 0.4) is 0 Å². The largest absolute Gasteiger partial charge is 0.369 e. The molecule has 0 unspecified atom stereocenters. The molecule has 0 aliphatic rings. The molecule has 0 bridgehead atoms. The first-order valence-corrected chi connectivity index (χ1v) is 6.35. The summed E-state index contributed by atoms with van der Waals surface area (Å²) in [6, 6.07) is 9.80. The predicted molar refractivity (Wildman–Crippen MR) is 74.9 cm³/mol. The fourth-order valence-corrected chi connectivity index (χ4v) is 1.93. The van der Waals surface area contributed by atoms with Crippen LogP contribution >= 0.6 is 0 Å². The summed E-state index contributed by atoms with van der Waals surface area (Å²) in [7, 11) is 0. The van der Waals surface area contributed by atoms with Crippen LogP contribution in [-0.4, -0.2) is 26.3 Å². The van der Waals surface area contributed by atoms with Gasteiger partial charge in [-0.15, -0.1) is 0 Å². The number of para-hydroxylation sites is 2. The zero-order valence-corrected chi connectivity index (χ0v) is 10.5. The lowest BCUT2D eigenvalue weighted by atomic mass is 10.3.